The lowest BCUT2D eigenvalue weighted by Crippen LogP contribution is -2.26. The van der Waals surface area contributed by atoms with Crippen molar-refractivity contribution in [2.75, 3.05) is 7.11 Å². The number of rotatable bonds is 2. The average Bonchev–Trinajstić information content (AvgIpc) is 2.91. The molecule has 0 fully saturated rings. The van der Waals surface area contributed by atoms with Crippen LogP contribution in [0.2, 0.25) is 0 Å². The molecule has 2 aromatic heterocycles. The van der Waals surface area contributed by atoms with Crippen LogP contribution in [-0.2, 0) is 16.0 Å². The third-order valence-corrected chi connectivity index (χ3v) is 3.51. The van der Waals surface area contributed by atoms with Crippen LogP contribution < -0.4 is 0 Å². The summed E-state index contributed by atoms with van der Waals surface area (Å²) in [6, 6.07) is 3.54. The van der Waals surface area contributed by atoms with Crippen LogP contribution in [0, 0.1) is 0 Å². The van der Waals surface area contributed by atoms with Crippen molar-refractivity contribution in [3.05, 3.63) is 36.4 Å². The first-order valence-corrected chi connectivity index (χ1v) is 6.35. The van der Waals surface area contributed by atoms with Crippen molar-refractivity contribution < 1.29 is 9.53 Å². The Morgan fingerprint density at radius 2 is 2.21 bits per heavy atom. The number of aromatic nitrogens is 3. The molecule has 1 unspecified atom stereocenters. The number of pyridine rings is 1. The molecule has 1 aliphatic heterocycles. The number of aryl methyl sites for hydroxylation is 1. The molecule has 3 rings (SSSR count). The van der Waals surface area contributed by atoms with E-state index in [0.717, 1.165) is 36.3 Å². The number of fused-ring (bicyclic) bond motifs is 1. The largest absolute Gasteiger partial charge is 0.467 e. The van der Waals surface area contributed by atoms with E-state index in [0.29, 0.717) is 0 Å². The van der Waals surface area contributed by atoms with E-state index in [9.17, 15) is 4.79 Å². The molecule has 0 aromatic carbocycles. The van der Waals surface area contributed by atoms with Gasteiger partial charge in [-0.3, -0.25) is 4.98 Å². The highest BCUT2D eigenvalue weighted by atomic mass is 16.5. The molecule has 5 heteroatoms. The van der Waals surface area contributed by atoms with Gasteiger partial charge >= 0.3 is 5.97 Å². The Bertz CT molecular complexity index is 592. The zero-order valence-electron chi connectivity index (χ0n) is 10.7. The van der Waals surface area contributed by atoms with Crippen molar-refractivity contribution >= 4 is 5.97 Å². The van der Waals surface area contributed by atoms with E-state index in [2.05, 4.69) is 9.97 Å². The number of nitrogens with zero attached hydrogens (tertiary/aromatic N) is 3. The summed E-state index contributed by atoms with van der Waals surface area (Å²) < 4.78 is 6.91. The summed E-state index contributed by atoms with van der Waals surface area (Å²) in [4.78, 5) is 20.4. The molecule has 5 nitrogen and oxygen atoms in total. The third-order valence-electron chi connectivity index (χ3n) is 3.51. The number of ether oxygens (including phenoxy) is 1. The first-order valence-electron chi connectivity index (χ1n) is 6.35. The molecular weight excluding hydrogens is 242 g/mol. The molecule has 19 heavy (non-hydrogen) atoms. The summed E-state index contributed by atoms with van der Waals surface area (Å²) in [5, 5.41) is 0. The number of hydrogen-bond donors (Lipinski definition) is 0. The number of carbonyl (C=O) groups is 1. The quantitative estimate of drug-likeness (QED) is 0.772. The Balaban J connectivity index is 2.09. The lowest BCUT2D eigenvalue weighted by Gasteiger charge is -2.25. The summed E-state index contributed by atoms with van der Waals surface area (Å²) in [6.07, 6.45) is 8.05. The number of esters is 1. The molecule has 0 spiro atoms. The van der Waals surface area contributed by atoms with Gasteiger partial charge in [0.15, 0.2) is 0 Å². The number of imidazole rings is 1. The van der Waals surface area contributed by atoms with Gasteiger partial charge in [-0.05, 0) is 31.4 Å². The Kier molecular flexibility index (Phi) is 3.03. The van der Waals surface area contributed by atoms with E-state index in [-0.39, 0.29) is 12.0 Å². The molecular formula is C14H15N3O2. The van der Waals surface area contributed by atoms with Crippen LogP contribution in [0.25, 0.3) is 11.4 Å². The standard InChI is InChI=1S/C14H15N3O2/c1-19-14(18)12-4-2-3-11-9-16-13(17(11)12)10-5-7-15-8-6-10/h5-9,12H,2-4H2,1H3. The molecule has 1 atom stereocenters. The van der Waals surface area contributed by atoms with Gasteiger partial charge in [0.05, 0.1) is 7.11 Å². The molecule has 3 heterocycles. The summed E-state index contributed by atoms with van der Waals surface area (Å²) in [7, 11) is 1.43. The normalized spacial score (nSPS) is 17.8. The maximum Gasteiger partial charge on any atom is 0.328 e. The second-order valence-corrected chi connectivity index (χ2v) is 4.61. The van der Waals surface area contributed by atoms with Crippen molar-refractivity contribution in [3.8, 4) is 11.4 Å². The Labute approximate surface area is 111 Å². The minimum Gasteiger partial charge on any atom is -0.467 e. The Morgan fingerprint density at radius 1 is 1.42 bits per heavy atom. The van der Waals surface area contributed by atoms with Gasteiger partial charge in [-0.2, -0.15) is 0 Å². The molecule has 0 bridgehead atoms. The maximum atomic E-state index is 11.9. The molecule has 0 amide bonds. The monoisotopic (exact) mass is 257 g/mol. The summed E-state index contributed by atoms with van der Waals surface area (Å²) >= 11 is 0. The molecule has 1 aliphatic rings. The van der Waals surface area contributed by atoms with Gasteiger partial charge in [-0.15, -0.1) is 0 Å². The summed E-state index contributed by atoms with van der Waals surface area (Å²) in [5.74, 6) is 0.613. The van der Waals surface area contributed by atoms with E-state index in [1.807, 2.05) is 22.9 Å². The molecule has 0 saturated heterocycles. The fraction of sp³-hybridized carbons (Fsp3) is 0.357. The van der Waals surface area contributed by atoms with Crippen molar-refractivity contribution in [2.24, 2.45) is 0 Å². The van der Waals surface area contributed by atoms with Gasteiger partial charge in [0.25, 0.3) is 0 Å². The lowest BCUT2D eigenvalue weighted by molar-refractivity contribution is -0.145. The molecule has 98 valence electrons. The molecule has 0 N–H and O–H groups in total. The van der Waals surface area contributed by atoms with Crippen molar-refractivity contribution in [2.45, 2.75) is 25.3 Å². The van der Waals surface area contributed by atoms with Crippen molar-refractivity contribution in [1.82, 2.24) is 14.5 Å². The highest BCUT2D eigenvalue weighted by Gasteiger charge is 2.29. The van der Waals surface area contributed by atoms with E-state index >= 15 is 0 Å². The highest BCUT2D eigenvalue weighted by Crippen LogP contribution is 2.31. The molecule has 2 aromatic rings. The van der Waals surface area contributed by atoms with Crippen LogP contribution in [-0.4, -0.2) is 27.6 Å². The first-order chi connectivity index (χ1) is 9.31. The van der Waals surface area contributed by atoms with Gasteiger partial charge in [0.1, 0.15) is 11.9 Å². The Hall–Kier alpha value is -2.17. The second-order valence-electron chi connectivity index (χ2n) is 4.61. The number of methoxy groups -OCH3 is 1. The topological polar surface area (TPSA) is 57.0 Å². The zero-order valence-corrected chi connectivity index (χ0v) is 10.7. The van der Waals surface area contributed by atoms with Crippen LogP contribution in [0.4, 0.5) is 0 Å². The highest BCUT2D eigenvalue weighted by molar-refractivity contribution is 5.75. The SMILES string of the molecule is COC(=O)C1CCCc2cnc(-c3ccncc3)n21. The van der Waals surface area contributed by atoms with Crippen LogP contribution in [0.3, 0.4) is 0 Å². The molecule has 0 radical (unpaired) electrons. The minimum atomic E-state index is -0.264. The predicted octanol–water partition coefficient (Wildman–Crippen LogP) is 2.00. The van der Waals surface area contributed by atoms with E-state index in [1.165, 1.54) is 7.11 Å². The number of hydrogen-bond acceptors (Lipinski definition) is 4. The fourth-order valence-corrected chi connectivity index (χ4v) is 2.61. The van der Waals surface area contributed by atoms with Crippen molar-refractivity contribution in [1.29, 1.82) is 0 Å². The second kappa shape index (κ2) is 4.84. The van der Waals surface area contributed by atoms with E-state index in [4.69, 9.17) is 4.74 Å². The van der Waals surface area contributed by atoms with E-state index in [1.54, 1.807) is 12.4 Å². The van der Waals surface area contributed by atoms with Gasteiger partial charge < -0.3 is 9.30 Å². The van der Waals surface area contributed by atoms with Crippen molar-refractivity contribution in [3.63, 3.8) is 0 Å². The molecule has 0 saturated carbocycles. The first kappa shape index (κ1) is 11.9. The summed E-state index contributed by atoms with van der Waals surface area (Å²) in [6.45, 7) is 0. The predicted molar refractivity (Wildman–Crippen MR) is 69.4 cm³/mol. The van der Waals surface area contributed by atoms with Gasteiger partial charge in [-0.1, -0.05) is 0 Å². The van der Waals surface area contributed by atoms with Crippen LogP contribution in [0.5, 0.6) is 0 Å². The lowest BCUT2D eigenvalue weighted by atomic mass is 10.0. The van der Waals surface area contributed by atoms with Crippen LogP contribution in [0.15, 0.2) is 30.7 Å². The van der Waals surface area contributed by atoms with Gasteiger partial charge in [0, 0.05) is 29.8 Å². The average molecular weight is 257 g/mol. The molecule has 0 aliphatic carbocycles. The maximum absolute atomic E-state index is 11.9. The van der Waals surface area contributed by atoms with Gasteiger partial charge in [-0.25, -0.2) is 9.78 Å². The summed E-state index contributed by atoms with van der Waals surface area (Å²) in [5.41, 5.74) is 2.06. The number of carbonyl (C=O) groups excluding carboxylic acids is 1. The minimum absolute atomic E-state index is 0.200. The van der Waals surface area contributed by atoms with E-state index < -0.39 is 0 Å². The van der Waals surface area contributed by atoms with Crippen LogP contribution >= 0.6 is 0 Å². The van der Waals surface area contributed by atoms with Crippen LogP contribution in [0.1, 0.15) is 24.6 Å². The van der Waals surface area contributed by atoms with Gasteiger partial charge in [0.2, 0.25) is 0 Å². The smallest absolute Gasteiger partial charge is 0.328 e. The Morgan fingerprint density at radius 3 is 2.95 bits per heavy atom. The zero-order chi connectivity index (χ0) is 13.2. The third kappa shape index (κ3) is 2.01. The fourth-order valence-electron chi connectivity index (χ4n) is 2.61.